The first-order valence-corrected chi connectivity index (χ1v) is 8.31. The number of amides is 1. The molecule has 3 rings (SSSR count). The highest BCUT2D eigenvalue weighted by Gasteiger charge is 2.11. The van der Waals surface area contributed by atoms with Crippen LogP contribution in [0, 0.1) is 0 Å². The summed E-state index contributed by atoms with van der Waals surface area (Å²) >= 11 is 0. The van der Waals surface area contributed by atoms with E-state index < -0.39 is 0 Å². The zero-order valence-corrected chi connectivity index (χ0v) is 14.7. The van der Waals surface area contributed by atoms with Crippen LogP contribution < -0.4 is 14.8 Å². The van der Waals surface area contributed by atoms with Gasteiger partial charge in [0.1, 0.15) is 11.5 Å². The Balaban J connectivity index is 1.63. The Labute approximate surface area is 152 Å². The third-order valence-electron chi connectivity index (χ3n) is 3.97. The van der Waals surface area contributed by atoms with Crippen molar-refractivity contribution < 1.29 is 14.3 Å². The van der Waals surface area contributed by atoms with Gasteiger partial charge in [0.05, 0.1) is 18.8 Å². The number of carbonyl (C=O) groups is 1. The third-order valence-corrected chi connectivity index (χ3v) is 3.97. The molecule has 0 aliphatic heterocycles. The maximum Gasteiger partial charge on any atom is 0.258 e. The summed E-state index contributed by atoms with van der Waals surface area (Å²) in [5.41, 5.74) is 2.76. The van der Waals surface area contributed by atoms with Crippen molar-refractivity contribution in [2.24, 2.45) is 0 Å². The summed E-state index contributed by atoms with van der Waals surface area (Å²) < 4.78 is 11.0. The zero-order valence-electron chi connectivity index (χ0n) is 14.7. The molecule has 0 spiro atoms. The van der Waals surface area contributed by atoms with Crippen LogP contribution in [0.3, 0.4) is 0 Å². The molecule has 0 saturated heterocycles. The van der Waals surface area contributed by atoms with Gasteiger partial charge >= 0.3 is 0 Å². The van der Waals surface area contributed by atoms with Gasteiger partial charge in [-0.3, -0.25) is 9.89 Å². The summed E-state index contributed by atoms with van der Waals surface area (Å²) in [6.07, 6.45) is 1.67. The number of hydrogen-bond donors (Lipinski definition) is 2. The molecule has 134 valence electrons. The molecule has 0 aliphatic carbocycles. The number of rotatable bonds is 7. The van der Waals surface area contributed by atoms with Crippen molar-refractivity contribution in [3.8, 4) is 22.8 Å². The summed E-state index contributed by atoms with van der Waals surface area (Å²) in [5, 5.41) is 9.78. The number of aromatic amines is 1. The average Bonchev–Trinajstić information content (AvgIpc) is 3.21. The van der Waals surface area contributed by atoms with Crippen molar-refractivity contribution in [1.29, 1.82) is 0 Å². The molecule has 0 radical (unpaired) electrons. The molecule has 1 unspecified atom stereocenters. The molecule has 0 fully saturated rings. The maximum atomic E-state index is 12.2. The van der Waals surface area contributed by atoms with E-state index >= 15 is 0 Å². The van der Waals surface area contributed by atoms with Crippen molar-refractivity contribution in [2.45, 2.75) is 13.0 Å². The lowest BCUT2D eigenvalue weighted by molar-refractivity contribution is -0.123. The lowest BCUT2D eigenvalue weighted by Gasteiger charge is -2.15. The number of H-pyrrole nitrogens is 1. The van der Waals surface area contributed by atoms with E-state index in [2.05, 4.69) is 15.5 Å². The minimum Gasteiger partial charge on any atom is -0.497 e. The van der Waals surface area contributed by atoms with E-state index in [1.54, 1.807) is 19.4 Å². The molecule has 2 N–H and O–H groups in total. The lowest BCUT2D eigenvalue weighted by atomic mass is 10.1. The number of hydrogen-bond acceptors (Lipinski definition) is 4. The topological polar surface area (TPSA) is 76.2 Å². The second-order valence-electron chi connectivity index (χ2n) is 5.86. The summed E-state index contributed by atoms with van der Waals surface area (Å²) in [4.78, 5) is 12.2. The molecule has 3 aromatic rings. The molecule has 0 saturated carbocycles. The van der Waals surface area contributed by atoms with Crippen LogP contribution in [0.15, 0.2) is 60.8 Å². The number of aromatic nitrogens is 2. The van der Waals surface area contributed by atoms with Gasteiger partial charge in [0.2, 0.25) is 0 Å². The fourth-order valence-electron chi connectivity index (χ4n) is 2.60. The van der Waals surface area contributed by atoms with Crippen molar-refractivity contribution in [1.82, 2.24) is 15.5 Å². The Hall–Kier alpha value is -3.28. The summed E-state index contributed by atoms with van der Waals surface area (Å²) in [6, 6.07) is 17.0. The van der Waals surface area contributed by atoms with E-state index in [0.29, 0.717) is 11.5 Å². The fraction of sp³-hybridized carbons (Fsp3) is 0.200. The summed E-state index contributed by atoms with van der Waals surface area (Å²) in [6.45, 7) is 1.86. The lowest BCUT2D eigenvalue weighted by Crippen LogP contribution is -2.31. The molecule has 1 amide bonds. The van der Waals surface area contributed by atoms with E-state index in [9.17, 15) is 4.79 Å². The van der Waals surface area contributed by atoms with E-state index in [1.807, 2.05) is 55.5 Å². The first kappa shape index (κ1) is 17.5. The van der Waals surface area contributed by atoms with Gasteiger partial charge in [0.25, 0.3) is 5.91 Å². The minimum atomic E-state index is -0.188. The predicted octanol–water partition coefficient (Wildman–Crippen LogP) is 3.34. The molecule has 0 aliphatic rings. The highest BCUT2D eigenvalue weighted by Crippen LogP contribution is 2.28. The van der Waals surface area contributed by atoms with E-state index in [1.165, 1.54) is 0 Å². The van der Waals surface area contributed by atoms with E-state index in [4.69, 9.17) is 9.47 Å². The number of carbonyl (C=O) groups excluding carboxylic acids is 1. The number of benzene rings is 2. The Morgan fingerprint density at radius 3 is 2.62 bits per heavy atom. The van der Waals surface area contributed by atoms with E-state index in [-0.39, 0.29) is 18.6 Å². The van der Waals surface area contributed by atoms with E-state index in [0.717, 1.165) is 16.8 Å². The largest absolute Gasteiger partial charge is 0.497 e. The van der Waals surface area contributed by atoms with Crippen molar-refractivity contribution in [2.75, 3.05) is 13.7 Å². The molecule has 1 heterocycles. The molecule has 0 bridgehead atoms. The van der Waals surface area contributed by atoms with Crippen LogP contribution in [0.25, 0.3) is 11.3 Å². The van der Waals surface area contributed by atoms with Crippen LogP contribution in [-0.2, 0) is 4.79 Å². The standard InChI is InChI=1S/C20H21N3O3/c1-14(15-6-4-3-5-7-15)22-20(24)13-26-18-11-16(10-17(12-18)25-2)19-8-9-21-23-19/h3-12,14H,13H2,1-2H3,(H,21,23)(H,22,24). The Morgan fingerprint density at radius 2 is 1.92 bits per heavy atom. The molecular weight excluding hydrogens is 330 g/mol. The number of methoxy groups -OCH3 is 1. The second-order valence-corrected chi connectivity index (χ2v) is 5.86. The monoisotopic (exact) mass is 351 g/mol. The average molecular weight is 351 g/mol. The first-order chi connectivity index (χ1) is 12.7. The molecule has 1 atom stereocenters. The zero-order chi connectivity index (χ0) is 18.4. The van der Waals surface area contributed by atoms with Crippen molar-refractivity contribution in [3.63, 3.8) is 0 Å². The molecule has 1 aromatic heterocycles. The predicted molar refractivity (Wildman–Crippen MR) is 99.1 cm³/mol. The Morgan fingerprint density at radius 1 is 1.15 bits per heavy atom. The van der Waals surface area contributed by atoms with Crippen LogP contribution in [0.1, 0.15) is 18.5 Å². The highest BCUT2D eigenvalue weighted by molar-refractivity contribution is 5.78. The molecule has 26 heavy (non-hydrogen) atoms. The minimum absolute atomic E-state index is 0.0766. The number of nitrogens with one attached hydrogen (secondary N) is 2. The molecule has 6 heteroatoms. The van der Waals surface area contributed by atoms with Gasteiger partial charge in [-0.25, -0.2) is 0 Å². The number of ether oxygens (including phenoxy) is 2. The van der Waals surface area contributed by atoms with Gasteiger partial charge < -0.3 is 14.8 Å². The molecule has 6 nitrogen and oxygen atoms in total. The SMILES string of the molecule is COc1cc(OCC(=O)NC(C)c2ccccc2)cc(-c2ccn[nH]2)c1. The quantitative estimate of drug-likeness (QED) is 0.684. The maximum absolute atomic E-state index is 12.2. The molecule has 2 aromatic carbocycles. The van der Waals surface area contributed by atoms with Crippen molar-refractivity contribution in [3.05, 3.63) is 66.4 Å². The number of nitrogens with zero attached hydrogens (tertiary/aromatic N) is 1. The Kier molecular flexibility index (Phi) is 5.53. The van der Waals surface area contributed by atoms with Crippen molar-refractivity contribution >= 4 is 5.91 Å². The second kappa shape index (κ2) is 8.20. The van der Waals surface area contributed by atoms with Gasteiger partial charge in [-0.1, -0.05) is 30.3 Å². The normalized spacial score (nSPS) is 11.6. The first-order valence-electron chi connectivity index (χ1n) is 8.31. The van der Waals surface area contributed by atoms with Crippen LogP contribution in [0.2, 0.25) is 0 Å². The van der Waals surface area contributed by atoms with Crippen LogP contribution in [0.5, 0.6) is 11.5 Å². The van der Waals surface area contributed by atoms with Gasteiger partial charge in [0.15, 0.2) is 6.61 Å². The van der Waals surface area contributed by atoms with Crippen LogP contribution in [0.4, 0.5) is 0 Å². The molecular formula is C20H21N3O3. The Bertz CT molecular complexity index is 848. The third kappa shape index (κ3) is 4.42. The fourth-order valence-corrected chi connectivity index (χ4v) is 2.60. The van der Waals surface area contributed by atoms with Crippen LogP contribution >= 0.6 is 0 Å². The van der Waals surface area contributed by atoms with Gasteiger partial charge in [0, 0.05) is 17.8 Å². The van der Waals surface area contributed by atoms with Gasteiger partial charge in [-0.2, -0.15) is 5.10 Å². The highest BCUT2D eigenvalue weighted by atomic mass is 16.5. The summed E-state index contributed by atoms with van der Waals surface area (Å²) in [5.74, 6) is 1.01. The van der Waals surface area contributed by atoms with Crippen LogP contribution in [-0.4, -0.2) is 29.8 Å². The summed E-state index contributed by atoms with van der Waals surface area (Å²) in [7, 11) is 1.59. The van der Waals surface area contributed by atoms with Gasteiger partial charge in [-0.15, -0.1) is 0 Å². The van der Waals surface area contributed by atoms with Gasteiger partial charge in [-0.05, 0) is 30.7 Å². The smallest absolute Gasteiger partial charge is 0.258 e.